The van der Waals surface area contributed by atoms with Gasteiger partial charge in [-0.3, -0.25) is 0 Å². The molecule has 0 atom stereocenters. The lowest BCUT2D eigenvalue weighted by Gasteiger charge is -2.20. The summed E-state index contributed by atoms with van der Waals surface area (Å²) in [6, 6.07) is 20.1. The molecule has 0 aromatic heterocycles. The van der Waals surface area contributed by atoms with Gasteiger partial charge in [-0.05, 0) is 71.3 Å². The predicted molar refractivity (Wildman–Crippen MR) is 157 cm³/mol. The highest BCUT2D eigenvalue weighted by Crippen LogP contribution is 2.38. The molecule has 0 aliphatic rings. The van der Waals surface area contributed by atoms with E-state index in [0.29, 0.717) is 23.3 Å². The van der Waals surface area contributed by atoms with Gasteiger partial charge >= 0.3 is 6.11 Å². The number of halogens is 8. The molecular weight excluding hydrogens is 600 g/mol. The molecule has 0 spiro atoms. The van der Waals surface area contributed by atoms with Crippen LogP contribution < -0.4 is 4.74 Å². The topological polar surface area (TPSA) is 9.23 Å². The van der Waals surface area contributed by atoms with Crippen LogP contribution in [0.25, 0.3) is 33.4 Å². The van der Waals surface area contributed by atoms with Gasteiger partial charge in [0.1, 0.15) is 28.8 Å². The Kier molecular flexibility index (Phi) is 9.09. The Balaban J connectivity index is 1.34. The van der Waals surface area contributed by atoms with Gasteiger partial charge in [0.05, 0.1) is 0 Å². The number of hydrogen-bond acceptors (Lipinski definition) is 1. The zero-order valence-corrected chi connectivity index (χ0v) is 23.7. The van der Waals surface area contributed by atoms with Crippen LogP contribution in [0.1, 0.15) is 24.5 Å². The summed E-state index contributed by atoms with van der Waals surface area (Å²) in [6.45, 7) is 1.97. The zero-order valence-electron chi connectivity index (χ0n) is 23.7. The van der Waals surface area contributed by atoms with Gasteiger partial charge in [-0.1, -0.05) is 72.8 Å². The first-order valence-corrected chi connectivity index (χ1v) is 13.8. The monoisotopic (exact) mass is 624 g/mol. The molecular formula is C36H24F8O. The van der Waals surface area contributed by atoms with Crippen LogP contribution in [0.5, 0.6) is 5.75 Å². The average Bonchev–Trinajstić information content (AvgIpc) is 2.99. The number of ether oxygens (including phenoxy) is 1. The van der Waals surface area contributed by atoms with E-state index in [4.69, 9.17) is 0 Å². The molecule has 0 aliphatic carbocycles. The third-order valence-electron chi connectivity index (χ3n) is 7.16. The van der Waals surface area contributed by atoms with Crippen molar-refractivity contribution >= 4 is 0 Å². The summed E-state index contributed by atoms with van der Waals surface area (Å²) in [7, 11) is 0. The van der Waals surface area contributed by atoms with Crippen molar-refractivity contribution in [1.82, 2.24) is 0 Å². The smallest absolute Gasteiger partial charge is 0.429 e. The summed E-state index contributed by atoms with van der Waals surface area (Å²) in [5.41, 5.74) is 1.79. The molecule has 0 fully saturated rings. The second-order valence-electron chi connectivity index (χ2n) is 10.2. The number of rotatable bonds is 9. The van der Waals surface area contributed by atoms with E-state index < -0.39 is 52.3 Å². The van der Waals surface area contributed by atoms with E-state index >= 15 is 4.39 Å². The summed E-state index contributed by atoms with van der Waals surface area (Å²) < 4.78 is 118. The van der Waals surface area contributed by atoms with Crippen molar-refractivity contribution in [2.24, 2.45) is 0 Å². The van der Waals surface area contributed by atoms with Crippen molar-refractivity contribution in [2.75, 3.05) is 0 Å². The first-order valence-electron chi connectivity index (χ1n) is 13.8. The second kappa shape index (κ2) is 13.0. The number of hydrogen-bond donors (Lipinski definition) is 0. The summed E-state index contributed by atoms with van der Waals surface area (Å²) in [5, 5.41) is 0. The van der Waals surface area contributed by atoms with Gasteiger partial charge in [-0.15, -0.1) is 0 Å². The first kappa shape index (κ1) is 31.5. The van der Waals surface area contributed by atoms with Crippen molar-refractivity contribution in [1.29, 1.82) is 0 Å². The van der Waals surface area contributed by atoms with Crippen LogP contribution in [0.3, 0.4) is 0 Å². The molecule has 45 heavy (non-hydrogen) atoms. The molecule has 0 radical (unpaired) electrons. The van der Waals surface area contributed by atoms with Crippen LogP contribution in [0.4, 0.5) is 35.1 Å². The molecule has 0 amide bonds. The Morgan fingerprint density at radius 2 is 1.09 bits per heavy atom. The first-order chi connectivity index (χ1) is 21.5. The van der Waals surface area contributed by atoms with E-state index in [1.165, 1.54) is 35.9 Å². The van der Waals surface area contributed by atoms with Crippen molar-refractivity contribution in [2.45, 2.75) is 25.9 Å². The molecule has 0 saturated carbocycles. The van der Waals surface area contributed by atoms with E-state index in [-0.39, 0.29) is 28.8 Å². The Hall–Kier alpha value is -4.92. The molecule has 1 nitrogen and oxygen atoms in total. The van der Waals surface area contributed by atoms with Crippen molar-refractivity contribution in [3.8, 4) is 39.1 Å². The number of aryl methyl sites for hydroxylation is 1. The molecule has 0 saturated heterocycles. The minimum Gasteiger partial charge on any atom is -0.429 e. The highest BCUT2D eigenvalue weighted by molar-refractivity contribution is 5.74. The van der Waals surface area contributed by atoms with E-state index in [0.717, 1.165) is 18.4 Å². The lowest BCUT2D eigenvalue weighted by molar-refractivity contribution is -0.189. The zero-order chi connectivity index (χ0) is 32.3. The van der Waals surface area contributed by atoms with Gasteiger partial charge in [0.2, 0.25) is 0 Å². The number of allylic oxidation sites excluding steroid dienone is 2. The van der Waals surface area contributed by atoms with Crippen LogP contribution in [-0.2, 0) is 12.5 Å². The maximum absolute atomic E-state index is 15.2. The van der Waals surface area contributed by atoms with Crippen LogP contribution in [0.2, 0.25) is 0 Å². The SMILES string of the molecule is CC=CCCc1ccc(-c2ccc(-c3ccc(-c4cc(F)c(C(F)(F)Oc5cc(F)c(F)c(F)c5)c(F)c4)cc3)c(F)c2)cc1. The van der Waals surface area contributed by atoms with Gasteiger partial charge in [-0.25, -0.2) is 26.3 Å². The molecule has 5 aromatic carbocycles. The third kappa shape index (κ3) is 6.93. The maximum Gasteiger partial charge on any atom is 0.432 e. The summed E-state index contributed by atoms with van der Waals surface area (Å²) in [5.74, 6) is -10.6. The number of alkyl halides is 2. The minimum absolute atomic E-state index is 0.111. The fourth-order valence-corrected chi connectivity index (χ4v) is 4.86. The summed E-state index contributed by atoms with van der Waals surface area (Å²) in [4.78, 5) is 0. The molecule has 0 bridgehead atoms. The van der Waals surface area contributed by atoms with E-state index in [1.807, 2.05) is 37.3 Å². The highest BCUT2D eigenvalue weighted by Gasteiger charge is 2.41. The Morgan fingerprint density at radius 1 is 0.578 bits per heavy atom. The molecule has 0 N–H and O–H groups in total. The predicted octanol–water partition coefficient (Wildman–Crippen LogP) is 11.2. The minimum atomic E-state index is -4.70. The van der Waals surface area contributed by atoms with Crippen molar-refractivity contribution < 1.29 is 39.9 Å². The van der Waals surface area contributed by atoms with Gasteiger partial charge in [0, 0.05) is 17.7 Å². The molecule has 0 heterocycles. The van der Waals surface area contributed by atoms with Gasteiger partial charge < -0.3 is 4.74 Å². The molecule has 0 aliphatic heterocycles. The van der Waals surface area contributed by atoms with E-state index in [2.05, 4.69) is 10.8 Å². The lowest BCUT2D eigenvalue weighted by atomic mass is 9.96. The molecule has 0 unspecified atom stereocenters. The van der Waals surface area contributed by atoms with Gasteiger partial charge in [-0.2, -0.15) is 8.78 Å². The molecule has 230 valence electrons. The van der Waals surface area contributed by atoms with E-state index in [1.54, 1.807) is 12.1 Å². The number of benzene rings is 5. The standard InChI is InChI=1S/C36H24F8O/c1-2-3-4-5-21-6-8-22(9-7-21)25-14-15-28(29(37)16-25)24-12-10-23(11-13-24)26-17-30(38)34(31(39)18-26)36(43,44)45-27-19-32(40)35(42)33(41)20-27/h2-3,6-20H,4-5H2,1H3. The third-order valence-corrected chi connectivity index (χ3v) is 7.16. The van der Waals surface area contributed by atoms with Crippen molar-refractivity contribution in [3.05, 3.63) is 149 Å². The van der Waals surface area contributed by atoms with E-state index in [9.17, 15) is 30.7 Å². The largest absolute Gasteiger partial charge is 0.432 e. The summed E-state index contributed by atoms with van der Waals surface area (Å²) >= 11 is 0. The van der Waals surface area contributed by atoms with Crippen LogP contribution in [0, 0.1) is 34.9 Å². The Labute approximate surface area is 254 Å². The lowest BCUT2D eigenvalue weighted by Crippen LogP contribution is -2.25. The molecule has 9 heteroatoms. The van der Waals surface area contributed by atoms with Gasteiger partial charge in [0.15, 0.2) is 17.5 Å². The average molecular weight is 625 g/mol. The molecule has 5 aromatic rings. The summed E-state index contributed by atoms with van der Waals surface area (Å²) in [6.07, 6.45) is 1.22. The Morgan fingerprint density at radius 3 is 1.67 bits per heavy atom. The fraction of sp³-hybridized carbons (Fsp3) is 0.111. The Bertz CT molecular complexity index is 1820. The fourth-order valence-electron chi connectivity index (χ4n) is 4.86. The quantitative estimate of drug-likeness (QED) is 0.0901. The van der Waals surface area contributed by atoms with Crippen LogP contribution in [0.15, 0.2) is 103 Å². The van der Waals surface area contributed by atoms with Crippen molar-refractivity contribution in [3.63, 3.8) is 0 Å². The molecule has 5 rings (SSSR count). The van der Waals surface area contributed by atoms with Crippen LogP contribution >= 0.6 is 0 Å². The second-order valence-corrected chi connectivity index (χ2v) is 10.2. The normalized spacial score (nSPS) is 11.8. The van der Waals surface area contributed by atoms with Crippen LogP contribution in [-0.4, -0.2) is 0 Å². The maximum atomic E-state index is 15.2. The van der Waals surface area contributed by atoms with Gasteiger partial charge in [0.25, 0.3) is 0 Å². The highest BCUT2D eigenvalue weighted by atomic mass is 19.3.